The number of aryl methyl sites for hydroxylation is 1. The fourth-order valence-corrected chi connectivity index (χ4v) is 3.82. The molecule has 0 aliphatic carbocycles. The third kappa shape index (κ3) is 3.72. The summed E-state index contributed by atoms with van der Waals surface area (Å²) in [5, 5.41) is 4.07. The van der Waals surface area contributed by atoms with Crippen molar-refractivity contribution in [3.05, 3.63) is 74.7 Å². The van der Waals surface area contributed by atoms with Gasteiger partial charge in [0.2, 0.25) is 0 Å². The van der Waals surface area contributed by atoms with Crippen LogP contribution in [0.5, 0.6) is 0 Å². The molecule has 1 amide bonds. The second kappa shape index (κ2) is 7.90. The Labute approximate surface area is 164 Å². The van der Waals surface area contributed by atoms with Crippen molar-refractivity contribution in [3.8, 4) is 11.1 Å². The molecule has 4 nitrogen and oxygen atoms in total. The number of ether oxygens (including phenoxy) is 1. The van der Waals surface area contributed by atoms with Gasteiger partial charge in [-0.05, 0) is 35.6 Å². The van der Waals surface area contributed by atoms with Crippen LogP contribution in [-0.4, -0.2) is 19.0 Å². The number of carbonyl (C=O) groups is 2. The van der Waals surface area contributed by atoms with Crippen molar-refractivity contribution in [2.75, 3.05) is 12.4 Å². The van der Waals surface area contributed by atoms with Crippen LogP contribution in [0.2, 0.25) is 5.02 Å². The molecule has 0 fully saturated rings. The Morgan fingerprint density at radius 2 is 1.85 bits per heavy atom. The Morgan fingerprint density at radius 3 is 2.52 bits per heavy atom. The molecule has 27 heavy (non-hydrogen) atoms. The van der Waals surface area contributed by atoms with E-state index in [0.29, 0.717) is 16.7 Å². The Hall–Kier alpha value is -2.70. The van der Waals surface area contributed by atoms with Gasteiger partial charge >= 0.3 is 5.97 Å². The van der Waals surface area contributed by atoms with Crippen molar-refractivity contribution in [2.45, 2.75) is 6.92 Å². The molecule has 0 aliphatic rings. The van der Waals surface area contributed by atoms with Gasteiger partial charge in [-0.3, -0.25) is 4.79 Å². The third-order valence-corrected chi connectivity index (χ3v) is 5.44. The van der Waals surface area contributed by atoms with E-state index in [2.05, 4.69) is 5.32 Å². The highest BCUT2D eigenvalue weighted by molar-refractivity contribution is 7.12. The van der Waals surface area contributed by atoms with Gasteiger partial charge in [0.1, 0.15) is 9.90 Å². The number of halogens is 2. The topological polar surface area (TPSA) is 55.4 Å². The van der Waals surface area contributed by atoms with Crippen LogP contribution >= 0.6 is 22.9 Å². The average molecular weight is 404 g/mol. The molecule has 0 aliphatic heterocycles. The quantitative estimate of drug-likeness (QED) is 0.580. The van der Waals surface area contributed by atoms with E-state index in [9.17, 15) is 14.0 Å². The van der Waals surface area contributed by atoms with Gasteiger partial charge in [-0.25, -0.2) is 9.18 Å². The summed E-state index contributed by atoms with van der Waals surface area (Å²) < 4.78 is 19.4. The van der Waals surface area contributed by atoms with Gasteiger partial charge in [-0.1, -0.05) is 41.9 Å². The molecular formula is C20H15ClFNO3S. The van der Waals surface area contributed by atoms with Gasteiger partial charge in [0.25, 0.3) is 5.91 Å². The predicted octanol–water partition coefficient (Wildman–Crippen LogP) is 5.55. The summed E-state index contributed by atoms with van der Waals surface area (Å²) >= 11 is 7.26. The van der Waals surface area contributed by atoms with Crippen LogP contribution in [0.1, 0.15) is 25.6 Å². The lowest BCUT2D eigenvalue weighted by molar-refractivity contribution is 0.0603. The lowest BCUT2D eigenvalue weighted by Gasteiger charge is -2.12. The van der Waals surface area contributed by atoms with E-state index in [1.54, 1.807) is 42.6 Å². The highest BCUT2D eigenvalue weighted by atomic mass is 35.5. The lowest BCUT2D eigenvalue weighted by Crippen LogP contribution is -2.16. The minimum atomic E-state index is -0.629. The SMILES string of the molecule is COC(=O)c1scc(C)c1C(=O)Nc1ccc(-c2ccccc2)c(F)c1Cl. The van der Waals surface area contributed by atoms with Crippen LogP contribution in [0.3, 0.4) is 0 Å². The zero-order valence-electron chi connectivity index (χ0n) is 14.5. The normalized spacial score (nSPS) is 10.5. The maximum atomic E-state index is 14.7. The van der Waals surface area contributed by atoms with E-state index < -0.39 is 17.7 Å². The number of methoxy groups -OCH3 is 1. The third-order valence-electron chi connectivity index (χ3n) is 3.99. The Balaban J connectivity index is 1.93. The first kappa shape index (κ1) is 19.1. The van der Waals surface area contributed by atoms with Crippen LogP contribution in [0.4, 0.5) is 10.1 Å². The van der Waals surface area contributed by atoms with Crippen LogP contribution < -0.4 is 5.32 Å². The van der Waals surface area contributed by atoms with E-state index in [1.807, 2.05) is 6.07 Å². The number of esters is 1. The molecule has 1 heterocycles. The van der Waals surface area contributed by atoms with Gasteiger partial charge in [-0.2, -0.15) is 0 Å². The van der Waals surface area contributed by atoms with Crippen LogP contribution in [0.25, 0.3) is 11.1 Å². The molecule has 0 saturated carbocycles. The van der Waals surface area contributed by atoms with Gasteiger partial charge in [0.15, 0.2) is 5.82 Å². The maximum Gasteiger partial charge on any atom is 0.348 e. The molecule has 7 heteroatoms. The summed E-state index contributed by atoms with van der Waals surface area (Å²) in [6.07, 6.45) is 0. The average Bonchev–Trinajstić information content (AvgIpc) is 3.07. The first-order valence-corrected chi connectivity index (χ1v) is 9.21. The highest BCUT2D eigenvalue weighted by Crippen LogP contribution is 2.34. The molecule has 3 rings (SSSR count). The van der Waals surface area contributed by atoms with Gasteiger partial charge in [0, 0.05) is 5.56 Å². The minimum absolute atomic E-state index is 0.125. The Bertz CT molecular complexity index is 1020. The van der Waals surface area contributed by atoms with Crippen molar-refractivity contribution < 1.29 is 18.7 Å². The first-order chi connectivity index (χ1) is 12.9. The van der Waals surface area contributed by atoms with Gasteiger partial charge in [0.05, 0.1) is 18.4 Å². The molecular weight excluding hydrogens is 389 g/mol. The number of carbonyl (C=O) groups excluding carboxylic acids is 2. The lowest BCUT2D eigenvalue weighted by atomic mass is 10.0. The fourth-order valence-electron chi connectivity index (χ4n) is 2.64. The monoisotopic (exact) mass is 403 g/mol. The van der Waals surface area contributed by atoms with E-state index in [1.165, 1.54) is 13.2 Å². The maximum absolute atomic E-state index is 14.7. The molecule has 0 bridgehead atoms. The van der Waals surface area contributed by atoms with E-state index in [0.717, 1.165) is 11.3 Å². The number of nitrogens with one attached hydrogen (secondary N) is 1. The number of rotatable bonds is 4. The van der Waals surface area contributed by atoms with Gasteiger partial charge < -0.3 is 10.1 Å². The number of hydrogen-bond acceptors (Lipinski definition) is 4. The number of amides is 1. The molecule has 0 atom stereocenters. The highest BCUT2D eigenvalue weighted by Gasteiger charge is 2.24. The Morgan fingerprint density at radius 1 is 1.15 bits per heavy atom. The van der Waals surface area contributed by atoms with E-state index >= 15 is 0 Å². The molecule has 1 aromatic heterocycles. The van der Waals surface area contributed by atoms with Crippen molar-refractivity contribution in [1.29, 1.82) is 0 Å². The molecule has 0 radical (unpaired) electrons. The molecule has 138 valence electrons. The minimum Gasteiger partial charge on any atom is -0.465 e. The zero-order valence-corrected chi connectivity index (χ0v) is 16.1. The molecule has 1 N–H and O–H groups in total. The van der Waals surface area contributed by atoms with Crippen molar-refractivity contribution >= 4 is 40.5 Å². The second-order valence-electron chi connectivity index (χ2n) is 5.72. The van der Waals surface area contributed by atoms with Crippen LogP contribution in [0.15, 0.2) is 47.8 Å². The smallest absolute Gasteiger partial charge is 0.348 e. The predicted molar refractivity (Wildman–Crippen MR) is 105 cm³/mol. The van der Waals surface area contributed by atoms with Crippen molar-refractivity contribution in [2.24, 2.45) is 0 Å². The molecule has 0 unspecified atom stereocenters. The largest absolute Gasteiger partial charge is 0.465 e. The fraction of sp³-hybridized carbons (Fsp3) is 0.100. The first-order valence-electron chi connectivity index (χ1n) is 7.95. The Kier molecular flexibility index (Phi) is 5.58. The summed E-state index contributed by atoms with van der Waals surface area (Å²) in [7, 11) is 1.24. The standard InChI is InChI=1S/C20H15ClFNO3S/c1-11-10-27-18(20(25)26-2)15(11)19(24)23-14-9-8-13(17(22)16(14)21)12-6-4-3-5-7-12/h3-10H,1-2H3,(H,23,24). The number of thiophene rings is 1. The second-order valence-corrected chi connectivity index (χ2v) is 6.98. The van der Waals surface area contributed by atoms with Gasteiger partial charge in [-0.15, -0.1) is 11.3 Å². The molecule has 3 aromatic rings. The van der Waals surface area contributed by atoms with Crippen LogP contribution in [0, 0.1) is 12.7 Å². The zero-order chi connectivity index (χ0) is 19.6. The summed E-state index contributed by atoms with van der Waals surface area (Å²) in [5.74, 6) is -1.78. The number of anilines is 1. The number of hydrogen-bond donors (Lipinski definition) is 1. The molecule has 0 spiro atoms. The summed E-state index contributed by atoms with van der Waals surface area (Å²) in [6.45, 7) is 1.71. The number of benzene rings is 2. The summed E-state index contributed by atoms with van der Waals surface area (Å²) in [4.78, 5) is 24.7. The van der Waals surface area contributed by atoms with Crippen molar-refractivity contribution in [3.63, 3.8) is 0 Å². The van der Waals surface area contributed by atoms with E-state index in [-0.39, 0.29) is 21.2 Å². The summed E-state index contributed by atoms with van der Waals surface area (Å²) in [6, 6.07) is 12.0. The van der Waals surface area contributed by atoms with Crippen molar-refractivity contribution in [1.82, 2.24) is 0 Å². The summed E-state index contributed by atoms with van der Waals surface area (Å²) in [5.41, 5.74) is 1.95. The van der Waals surface area contributed by atoms with Crippen LogP contribution in [-0.2, 0) is 4.74 Å². The molecule has 0 saturated heterocycles. The molecule has 2 aromatic carbocycles. The van der Waals surface area contributed by atoms with E-state index in [4.69, 9.17) is 16.3 Å².